The van der Waals surface area contributed by atoms with Crippen molar-refractivity contribution in [3.8, 4) is 0 Å². The Morgan fingerprint density at radius 1 is 1.14 bits per heavy atom. The van der Waals surface area contributed by atoms with Crippen LogP contribution in [-0.4, -0.2) is 70.5 Å². The second-order valence-electron chi connectivity index (χ2n) is 5.21. The predicted octanol–water partition coefficient (Wildman–Crippen LogP) is -0.0600. The molecule has 2 aliphatic heterocycles. The van der Waals surface area contributed by atoms with Gasteiger partial charge in [0.05, 0.1) is 6.20 Å². The number of rotatable bonds is 2. The second kappa shape index (κ2) is 6.17. The van der Waals surface area contributed by atoms with Crippen LogP contribution in [0.2, 0.25) is 0 Å². The Morgan fingerprint density at radius 2 is 1.90 bits per heavy atom. The van der Waals surface area contributed by atoms with E-state index in [0.29, 0.717) is 38.5 Å². The van der Waals surface area contributed by atoms with Gasteiger partial charge in [-0.25, -0.2) is 4.98 Å². The molecular formula is C14H18N4O3. The van der Waals surface area contributed by atoms with E-state index in [2.05, 4.69) is 9.97 Å². The van der Waals surface area contributed by atoms with Gasteiger partial charge in [0.25, 0.3) is 11.8 Å². The summed E-state index contributed by atoms with van der Waals surface area (Å²) in [5, 5.41) is 0. The highest BCUT2D eigenvalue weighted by Crippen LogP contribution is 2.16. The molecule has 0 aliphatic carbocycles. The first-order valence-electron chi connectivity index (χ1n) is 7.21. The summed E-state index contributed by atoms with van der Waals surface area (Å²) in [7, 11) is 0. The molecule has 2 aliphatic rings. The van der Waals surface area contributed by atoms with Crippen LogP contribution in [0.1, 0.15) is 23.3 Å². The summed E-state index contributed by atoms with van der Waals surface area (Å²) in [4.78, 5) is 35.9. The predicted molar refractivity (Wildman–Crippen MR) is 73.5 cm³/mol. The molecule has 2 saturated heterocycles. The van der Waals surface area contributed by atoms with E-state index in [1.807, 2.05) is 0 Å². The second-order valence-corrected chi connectivity index (χ2v) is 5.21. The fourth-order valence-electron chi connectivity index (χ4n) is 2.68. The third-order valence-electron chi connectivity index (χ3n) is 3.87. The molecule has 2 fully saturated rings. The van der Waals surface area contributed by atoms with Crippen molar-refractivity contribution in [2.75, 3.05) is 32.8 Å². The van der Waals surface area contributed by atoms with Crippen LogP contribution in [0.3, 0.4) is 0 Å². The third-order valence-corrected chi connectivity index (χ3v) is 3.87. The number of hydrogen-bond donors (Lipinski definition) is 0. The van der Waals surface area contributed by atoms with Gasteiger partial charge < -0.3 is 14.5 Å². The Hall–Kier alpha value is -2.02. The van der Waals surface area contributed by atoms with Crippen LogP contribution in [0.4, 0.5) is 0 Å². The maximum atomic E-state index is 12.2. The standard InChI is InChI=1S/C14H18N4O3/c19-13(11-10-15-3-4-16-11)17-5-7-18(8-6-17)14(20)12-2-1-9-21-12/h3-4,10,12H,1-2,5-9H2. The number of hydrogen-bond acceptors (Lipinski definition) is 5. The first kappa shape index (κ1) is 13.9. The maximum absolute atomic E-state index is 12.2. The Labute approximate surface area is 122 Å². The van der Waals surface area contributed by atoms with E-state index < -0.39 is 0 Å². The molecule has 3 heterocycles. The minimum absolute atomic E-state index is 0.0547. The van der Waals surface area contributed by atoms with E-state index in [1.54, 1.807) is 9.80 Å². The zero-order chi connectivity index (χ0) is 14.7. The first-order chi connectivity index (χ1) is 10.3. The minimum atomic E-state index is -0.285. The fourth-order valence-corrected chi connectivity index (χ4v) is 2.68. The van der Waals surface area contributed by atoms with E-state index >= 15 is 0 Å². The number of aromatic nitrogens is 2. The lowest BCUT2D eigenvalue weighted by Crippen LogP contribution is -2.52. The molecule has 1 atom stereocenters. The Morgan fingerprint density at radius 3 is 2.52 bits per heavy atom. The average Bonchev–Trinajstić information content (AvgIpc) is 3.09. The van der Waals surface area contributed by atoms with Gasteiger partial charge in [0.1, 0.15) is 11.8 Å². The molecule has 112 valence electrons. The van der Waals surface area contributed by atoms with Crippen molar-refractivity contribution in [1.29, 1.82) is 0 Å². The van der Waals surface area contributed by atoms with Gasteiger partial charge in [0, 0.05) is 45.2 Å². The molecule has 21 heavy (non-hydrogen) atoms. The highest BCUT2D eigenvalue weighted by molar-refractivity contribution is 5.92. The summed E-state index contributed by atoms with van der Waals surface area (Å²) in [5.41, 5.74) is 0.344. The van der Waals surface area contributed by atoms with Crippen LogP contribution in [0.5, 0.6) is 0 Å². The molecule has 0 spiro atoms. The summed E-state index contributed by atoms with van der Waals surface area (Å²) in [5.74, 6) is -0.0774. The van der Waals surface area contributed by atoms with Gasteiger partial charge >= 0.3 is 0 Å². The van der Waals surface area contributed by atoms with E-state index in [4.69, 9.17) is 4.74 Å². The average molecular weight is 290 g/mol. The molecular weight excluding hydrogens is 272 g/mol. The Balaban J connectivity index is 1.55. The molecule has 0 saturated carbocycles. The molecule has 2 amide bonds. The zero-order valence-electron chi connectivity index (χ0n) is 11.8. The third kappa shape index (κ3) is 3.02. The summed E-state index contributed by atoms with van der Waals surface area (Å²) >= 11 is 0. The summed E-state index contributed by atoms with van der Waals surface area (Å²) in [6.45, 7) is 2.80. The lowest BCUT2D eigenvalue weighted by atomic mass is 10.2. The molecule has 0 bridgehead atoms. The van der Waals surface area contributed by atoms with E-state index in [9.17, 15) is 9.59 Å². The number of carbonyl (C=O) groups excluding carboxylic acids is 2. The number of ether oxygens (including phenoxy) is 1. The van der Waals surface area contributed by atoms with Crippen molar-refractivity contribution in [1.82, 2.24) is 19.8 Å². The number of nitrogens with zero attached hydrogens (tertiary/aromatic N) is 4. The molecule has 1 aromatic heterocycles. The van der Waals surface area contributed by atoms with E-state index in [-0.39, 0.29) is 17.9 Å². The van der Waals surface area contributed by atoms with Crippen molar-refractivity contribution in [3.05, 3.63) is 24.3 Å². The normalized spacial score (nSPS) is 22.4. The van der Waals surface area contributed by atoms with Crippen LogP contribution >= 0.6 is 0 Å². The molecule has 3 rings (SSSR count). The lowest BCUT2D eigenvalue weighted by Gasteiger charge is -2.35. The van der Waals surface area contributed by atoms with Gasteiger partial charge in [-0.05, 0) is 12.8 Å². The first-order valence-corrected chi connectivity index (χ1v) is 7.21. The van der Waals surface area contributed by atoms with Gasteiger partial charge in [0.15, 0.2) is 0 Å². The highest BCUT2D eigenvalue weighted by atomic mass is 16.5. The lowest BCUT2D eigenvalue weighted by molar-refractivity contribution is -0.142. The van der Waals surface area contributed by atoms with E-state index in [1.165, 1.54) is 18.6 Å². The molecule has 0 aromatic carbocycles. The smallest absolute Gasteiger partial charge is 0.274 e. The largest absolute Gasteiger partial charge is 0.368 e. The van der Waals surface area contributed by atoms with Crippen molar-refractivity contribution in [2.45, 2.75) is 18.9 Å². The SMILES string of the molecule is O=C(c1cnccn1)N1CCN(C(=O)C2CCCO2)CC1. The monoisotopic (exact) mass is 290 g/mol. The fraction of sp³-hybridized carbons (Fsp3) is 0.571. The van der Waals surface area contributed by atoms with Gasteiger partial charge in [-0.2, -0.15) is 0 Å². The summed E-state index contributed by atoms with van der Waals surface area (Å²) in [6.07, 6.45) is 5.97. The summed E-state index contributed by atoms with van der Waals surface area (Å²) in [6, 6.07) is 0. The van der Waals surface area contributed by atoms with E-state index in [0.717, 1.165) is 12.8 Å². The minimum Gasteiger partial charge on any atom is -0.368 e. The number of amides is 2. The molecule has 7 nitrogen and oxygen atoms in total. The van der Waals surface area contributed by atoms with Crippen LogP contribution in [0.15, 0.2) is 18.6 Å². The van der Waals surface area contributed by atoms with Gasteiger partial charge in [0.2, 0.25) is 0 Å². The van der Waals surface area contributed by atoms with Crippen molar-refractivity contribution in [3.63, 3.8) is 0 Å². The van der Waals surface area contributed by atoms with Crippen molar-refractivity contribution < 1.29 is 14.3 Å². The molecule has 1 unspecified atom stereocenters. The molecule has 0 N–H and O–H groups in total. The van der Waals surface area contributed by atoms with Crippen LogP contribution < -0.4 is 0 Å². The quantitative estimate of drug-likeness (QED) is 0.763. The van der Waals surface area contributed by atoms with Gasteiger partial charge in [-0.15, -0.1) is 0 Å². The van der Waals surface area contributed by atoms with Crippen LogP contribution in [0, 0.1) is 0 Å². The van der Waals surface area contributed by atoms with Crippen molar-refractivity contribution in [2.24, 2.45) is 0 Å². The zero-order valence-corrected chi connectivity index (χ0v) is 11.8. The highest BCUT2D eigenvalue weighted by Gasteiger charge is 2.31. The topological polar surface area (TPSA) is 75.6 Å². The van der Waals surface area contributed by atoms with Gasteiger partial charge in [-0.3, -0.25) is 14.6 Å². The van der Waals surface area contributed by atoms with Crippen LogP contribution in [0.25, 0.3) is 0 Å². The van der Waals surface area contributed by atoms with Crippen molar-refractivity contribution >= 4 is 11.8 Å². The Kier molecular flexibility index (Phi) is 4.10. The Bertz CT molecular complexity index is 508. The van der Waals surface area contributed by atoms with Gasteiger partial charge in [-0.1, -0.05) is 0 Å². The van der Waals surface area contributed by atoms with Crippen LogP contribution in [-0.2, 0) is 9.53 Å². The number of piperazine rings is 1. The summed E-state index contributed by atoms with van der Waals surface area (Å²) < 4.78 is 5.42. The molecule has 1 aromatic rings. The molecule has 0 radical (unpaired) electrons. The number of carbonyl (C=O) groups is 2. The molecule has 7 heteroatoms. The maximum Gasteiger partial charge on any atom is 0.274 e.